The summed E-state index contributed by atoms with van der Waals surface area (Å²) in [5.41, 5.74) is 0. The molecule has 1 aliphatic heterocycles. The van der Waals surface area contributed by atoms with E-state index in [9.17, 15) is 9.50 Å². The summed E-state index contributed by atoms with van der Waals surface area (Å²) in [5.74, 6) is 0. The largest absolute Gasteiger partial charge is 0.395 e. The van der Waals surface area contributed by atoms with Crippen LogP contribution in [0.5, 0.6) is 0 Å². The second-order valence-electron chi connectivity index (χ2n) is 3.16. The third-order valence-electron chi connectivity index (χ3n) is 2.20. The van der Waals surface area contributed by atoms with E-state index in [0.717, 1.165) is 0 Å². The first-order chi connectivity index (χ1) is 5.57. The lowest BCUT2D eigenvalue weighted by molar-refractivity contribution is 0.0386. The first-order valence-corrected chi connectivity index (χ1v) is 3.95. The molecule has 1 fully saturated rings. The van der Waals surface area contributed by atoms with E-state index in [1.807, 2.05) is 0 Å². The fourth-order valence-electron chi connectivity index (χ4n) is 1.45. The van der Waals surface area contributed by atoms with E-state index in [4.69, 9.17) is 10.2 Å². The van der Waals surface area contributed by atoms with Gasteiger partial charge in [-0.1, -0.05) is 0 Å². The van der Waals surface area contributed by atoms with Crippen molar-refractivity contribution in [1.82, 2.24) is 5.32 Å². The molecular weight excluding hydrogens is 165 g/mol. The third-order valence-corrected chi connectivity index (χ3v) is 2.20. The third kappa shape index (κ3) is 1.59. The molecule has 0 aliphatic carbocycles. The lowest BCUT2D eigenvalue weighted by atomic mass is 10.1. The van der Waals surface area contributed by atoms with Crippen LogP contribution in [0.1, 0.15) is 6.92 Å². The number of rotatable bonds is 2. The van der Waals surface area contributed by atoms with Gasteiger partial charge < -0.3 is 20.6 Å². The summed E-state index contributed by atoms with van der Waals surface area (Å²) < 4.78 is 13.0. The highest BCUT2D eigenvalue weighted by molar-refractivity contribution is 5.00. The van der Waals surface area contributed by atoms with Gasteiger partial charge >= 0.3 is 0 Å². The van der Waals surface area contributed by atoms with Crippen molar-refractivity contribution in [3.63, 3.8) is 0 Å². The first-order valence-electron chi connectivity index (χ1n) is 3.95. The molecule has 1 aliphatic rings. The van der Waals surface area contributed by atoms with Crippen molar-refractivity contribution in [3.8, 4) is 0 Å². The fraction of sp³-hybridized carbons (Fsp3) is 1.00. The molecule has 1 heterocycles. The van der Waals surface area contributed by atoms with Gasteiger partial charge in [0.15, 0.2) is 0 Å². The Bertz CT molecular complexity index is 156. The molecule has 12 heavy (non-hydrogen) atoms. The van der Waals surface area contributed by atoms with E-state index in [1.165, 1.54) is 6.92 Å². The van der Waals surface area contributed by atoms with E-state index in [1.54, 1.807) is 0 Å². The van der Waals surface area contributed by atoms with Crippen molar-refractivity contribution in [3.05, 3.63) is 0 Å². The van der Waals surface area contributed by atoms with E-state index >= 15 is 0 Å². The maximum absolute atomic E-state index is 13.0. The Hall–Kier alpha value is -0.230. The van der Waals surface area contributed by atoms with E-state index < -0.39 is 30.5 Å². The van der Waals surface area contributed by atoms with Crippen LogP contribution in [0.4, 0.5) is 4.39 Å². The fourth-order valence-corrected chi connectivity index (χ4v) is 1.45. The van der Waals surface area contributed by atoms with Gasteiger partial charge in [0, 0.05) is 0 Å². The maximum atomic E-state index is 13.0. The summed E-state index contributed by atoms with van der Waals surface area (Å²) >= 11 is 0. The molecule has 5 heteroatoms. The number of alkyl halides is 1. The summed E-state index contributed by atoms with van der Waals surface area (Å²) in [7, 11) is 0. The molecule has 5 atom stereocenters. The van der Waals surface area contributed by atoms with Gasteiger partial charge in [0.25, 0.3) is 0 Å². The zero-order valence-electron chi connectivity index (χ0n) is 6.81. The number of aliphatic hydroxyl groups is 3. The normalized spacial score (nSPS) is 44.8. The van der Waals surface area contributed by atoms with Gasteiger partial charge in [0.05, 0.1) is 24.8 Å². The zero-order valence-corrected chi connectivity index (χ0v) is 6.81. The Morgan fingerprint density at radius 2 is 2.17 bits per heavy atom. The molecule has 4 nitrogen and oxygen atoms in total. The molecule has 0 unspecified atom stereocenters. The van der Waals surface area contributed by atoms with Crippen LogP contribution in [-0.2, 0) is 0 Å². The van der Waals surface area contributed by atoms with Crippen molar-refractivity contribution in [2.75, 3.05) is 6.61 Å². The van der Waals surface area contributed by atoms with Gasteiger partial charge in [-0.25, -0.2) is 4.39 Å². The SMILES string of the molecule is C[C@H](O)[C@@H]1N[C@@H](CO)[C@H](F)[C@H]1O. The highest BCUT2D eigenvalue weighted by atomic mass is 19.1. The molecule has 0 aromatic rings. The topological polar surface area (TPSA) is 72.7 Å². The number of halogens is 1. The van der Waals surface area contributed by atoms with E-state index in [0.29, 0.717) is 0 Å². The van der Waals surface area contributed by atoms with Gasteiger partial charge in [-0.3, -0.25) is 0 Å². The Balaban J connectivity index is 2.60. The molecule has 1 saturated heterocycles. The minimum Gasteiger partial charge on any atom is -0.395 e. The molecule has 72 valence electrons. The van der Waals surface area contributed by atoms with Crippen molar-refractivity contribution in [1.29, 1.82) is 0 Å². The maximum Gasteiger partial charge on any atom is 0.145 e. The molecule has 1 rings (SSSR count). The predicted molar refractivity (Wildman–Crippen MR) is 40.4 cm³/mol. The Morgan fingerprint density at radius 1 is 1.58 bits per heavy atom. The standard InChI is InChI=1S/C7H14FNO3/c1-3(11)6-7(12)5(8)4(2-10)9-6/h3-7,9-12H,2H2,1H3/t3-,4-,5-,6-,7+/m0/s1. The predicted octanol–water partition coefficient (Wildman–Crippen LogP) is -1.60. The van der Waals surface area contributed by atoms with Crippen LogP contribution < -0.4 is 5.32 Å². The minimum atomic E-state index is -1.50. The molecule has 0 bridgehead atoms. The average Bonchev–Trinajstić information content (AvgIpc) is 2.30. The Kier molecular flexibility index (Phi) is 3.00. The summed E-state index contributed by atoms with van der Waals surface area (Å²) in [6.45, 7) is 1.09. The molecule has 0 amide bonds. The van der Waals surface area contributed by atoms with Crippen molar-refractivity contribution in [2.45, 2.75) is 37.4 Å². The second kappa shape index (κ2) is 3.66. The van der Waals surface area contributed by atoms with Crippen LogP contribution in [0.2, 0.25) is 0 Å². The van der Waals surface area contributed by atoms with Crippen LogP contribution in [-0.4, -0.2) is 52.4 Å². The Morgan fingerprint density at radius 3 is 2.42 bits per heavy atom. The van der Waals surface area contributed by atoms with Gasteiger partial charge in [-0.2, -0.15) is 0 Å². The van der Waals surface area contributed by atoms with E-state index in [-0.39, 0.29) is 6.61 Å². The molecule has 0 aromatic carbocycles. The number of nitrogens with one attached hydrogen (secondary N) is 1. The van der Waals surface area contributed by atoms with Crippen LogP contribution in [0.3, 0.4) is 0 Å². The van der Waals surface area contributed by atoms with Crippen LogP contribution in [0.25, 0.3) is 0 Å². The van der Waals surface area contributed by atoms with Crippen LogP contribution in [0.15, 0.2) is 0 Å². The zero-order chi connectivity index (χ0) is 9.30. The molecular formula is C7H14FNO3. The van der Waals surface area contributed by atoms with Gasteiger partial charge in [0.2, 0.25) is 0 Å². The van der Waals surface area contributed by atoms with Gasteiger partial charge in [0.1, 0.15) is 12.3 Å². The summed E-state index contributed by atoms with van der Waals surface area (Å²) in [6.07, 6.45) is -3.56. The molecule has 4 N–H and O–H groups in total. The first kappa shape index (κ1) is 9.85. The second-order valence-corrected chi connectivity index (χ2v) is 3.16. The van der Waals surface area contributed by atoms with Gasteiger partial charge in [-0.05, 0) is 6.92 Å². The van der Waals surface area contributed by atoms with Crippen molar-refractivity contribution in [2.24, 2.45) is 0 Å². The quantitative estimate of drug-likeness (QED) is 0.412. The summed E-state index contributed by atoms with van der Waals surface area (Å²) in [6, 6.07) is -1.45. The lowest BCUT2D eigenvalue weighted by Crippen LogP contribution is -2.42. The summed E-state index contributed by atoms with van der Waals surface area (Å²) in [5, 5.41) is 29.6. The smallest absolute Gasteiger partial charge is 0.145 e. The summed E-state index contributed by atoms with van der Waals surface area (Å²) in [4.78, 5) is 0. The van der Waals surface area contributed by atoms with E-state index in [2.05, 4.69) is 5.32 Å². The van der Waals surface area contributed by atoms with Crippen LogP contribution >= 0.6 is 0 Å². The average molecular weight is 179 g/mol. The molecule has 0 spiro atoms. The van der Waals surface area contributed by atoms with Crippen LogP contribution in [0, 0.1) is 0 Å². The highest BCUT2D eigenvalue weighted by Gasteiger charge is 2.43. The lowest BCUT2D eigenvalue weighted by Gasteiger charge is -2.17. The van der Waals surface area contributed by atoms with Crippen molar-refractivity contribution < 1.29 is 19.7 Å². The Labute approximate surface area is 70.0 Å². The van der Waals surface area contributed by atoms with Crippen molar-refractivity contribution >= 4 is 0 Å². The minimum absolute atomic E-state index is 0.374. The van der Waals surface area contributed by atoms with Gasteiger partial charge in [-0.15, -0.1) is 0 Å². The number of hydrogen-bond donors (Lipinski definition) is 4. The molecule has 0 aromatic heterocycles. The number of hydrogen-bond acceptors (Lipinski definition) is 4. The molecule has 0 radical (unpaired) electrons. The number of aliphatic hydroxyl groups excluding tert-OH is 3. The highest BCUT2D eigenvalue weighted by Crippen LogP contribution is 2.19. The monoisotopic (exact) mass is 179 g/mol. The molecule has 0 saturated carbocycles.